The molecule has 3 N–H and O–H groups in total. The van der Waals surface area contributed by atoms with E-state index in [4.69, 9.17) is 10.5 Å². The average Bonchev–Trinajstić information content (AvgIpc) is 2.85. The second kappa shape index (κ2) is 5.14. The minimum atomic E-state index is -0.613. The molecule has 0 aromatic heterocycles. The van der Waals surface area contributed by atoms with Crippen molar-refractivity contribution >= 4 is 0 Å². The molecule has 0 radical (unpaired) electrons. The number of benzene rings is 1. The zero-order valence-corrected chi connectivity index (χ0v) is 11.4. The van der Waals surface area contributed by atoms with Gasteiger partial charge in [-0.15, -0.1) is 0 Å². The quantitative estimate of drug-likeness (QED) is 0.879. The van der Waals surface area contributed by atoms with Crippen molar-refractivity contribution in [3.63, 3.8) is 0 Å². The first-order valence-corrected chi connectivity index (χ1v) is 7.40. The van der Waals surface area contributed by atoms with Gasteiger partial charge in [0.15, 0.2) is 0 Å². The summed E-state index contributed by atoms with van der Waals surface area (Å²) in [5.74, 6) is 0.844. The van der Waals surface area contributed by atoms with Crippen molar-refractivity contribution in [1.29, 1.82) is 0 Å². The number of nitrogens with two attached hydrogens (primary N) is 1. The maximum absolute atomic E-state index is 10.3. The number of aryl methyl sites for hydroxylation is 1. The smallest absolute Gasteiger partial charge is 0.119 e. The normalized spacial score (nSPS) is 25.1. The van der Waals surface area contributed by atoms with Crippen molar-refractivity contribution < 1.29 is 9.84 Å². The van der Waals surface area contributed by atoms with Crippen molar-refractivity contribution in [1.82, 2.24) is 0 Å². The fraction of sp³-hybridized carbons (Fsp3) is 0.625. The van der Waals surface area contributed by atoms with Gasteiger partial charge in [-0.05, 0) is 55.4 Å². The van der Waals surface area contributed by atoms with Gasteiger partial charge in [0.1, 0.15) is 12.4 Å². The molecule has 104 valence electrons. The number of hydrogen-bond acceptors (Lipinski definition) is 3. The van der Waals surface area contributed by atoms with Crippen molar-refractivity contribution in [2.75, 3.05) is 6.61 Å². The van der Waals surface area contributed by atoms with Crippen molar-refractivity contribution in [2.45, 2.75) is 56.6 Å². The van der Waals surface area contributed by atoms with Crippen LogP contribution in [0.5, 0.6) is 5.75 Å². The van der Waals surface area contributed by atoms with Crippen LogP contribution < -0.4 is 10.5 Å². The van der Waals surface area contributed by atoms with Gasteiger partial charge in [0, 0.05) is 6.04 Å². The van der Waals surface area contributed by atoms with E-state index in [0.29, 0.717) is 6.61 Å². The van der Waals surface area contributed by atoms with E-state index in [1.807, 2.05) is 6.07 Å². The average molecular weight is 261 g/mol. The van der Waals surface area contributed by atoms with Crippen LogP contribution in [0.1, 0.15) is 55.7 Å². The molecule has 1 saturated carbocycles. The van der Waals surface area contributed by atoms with E-state index in [9.17, 15) is 5.11 Å². The maximum atomic E-state index is 10.3. The molecule has 3 heteroatoms. The molecule has 0 spiro atoms. The summed E-state index contributed by atoms with van der Waals surface area (Å²) in [6.45, 7) is 0.404. The predicted molar refractivity (Wildman–Crippen MR) is 75.2 cm³/mol. The zero-order valence-electron chi connectivity index (χ0n) is 11.4. The Bertz CT molecular complexity index is 452. The third-order valence-electron chi connectivity index (χ3n) is 4.52. The van der Waals surface area contributed by atoms with Gasteiger partial charge in [-0.2, -0.15) is 0 Å². The number of hydrogen-bond donors (Lipinski definition) is 2. The third kappa shape index (κ3) is 2.77. The molecule has 19 heavy (non-hydrogen) atoms. The molecule has 0 aliphatic heterocycles. The Morgan fingerprint density at radius 3 is 2.84 bits per heavy atom. The van der Waals surface area contributed by atoms with Crippen LogP contribution in [0, 0.1) is 0 Å². The van der Waals surface area contributed by atoms with Gasteiger partial charge in [0.25, 0.3) is 0 Å². The monoisotopic (exact) mass is 261 g/mol. The summed E-state index contributed by atoms with van der Waals surface area (Å²) in [4.78, 5) is 0. The molecule has 1 aromatic rings. The lowest BCUT2D eigenvalue weighted by atomic mass is 9.88. The van der Waals surface area contributed by atoms with Gasteiger partial charge >= 0.3 is 0 Å². The molecule has 1 fully saturated rings. The standard InChI is InChI=1S/C16H23NO2/c17-15-5-3-4-12-6-7-13(10-14(12)15)19-11-16(18)8-1-2-9-16/h6-7,10,15,18H,1-5,8-9,11,17H2/t15-/m0/s1. The van der Waals surface area contributed by atoms with Crippen LogP contribution in [-0.4, -0.2) is 17.3 Å². The molecule has 0 unspecified atom stereocenters. The highest BCUT2D eigenvalue weighted by atomic mass is 16.5. The predicted octanol–water partition coefficient (Wildman–Crippen LogP) is 2.71. The third-order valence-corrected chi connectivity index (χ3v) is 4.52. The van der Waals surface area contributed by atoms with Gasteiger partial charge in [0.05, 0.1) is 5.60 Å². The highest BCUT2D eigenvalue weighted by molar-refractivity contribution is 5.39. The topological polar surface area (TPSA) is 55.5 Å². The largest absolute Gasteiger partial charge is 0.491 e. The molecule has 0 amide bonds. The molecular weight excluding hydrogens is 238 g/mol. The van der Waals surface area contributed by atoms with E-state index in [-0.39, 0.29) is 6.04 Å². The Labute approximate surface area is 114 Å². The number of rotatable bonds is 3. The van der Waals surface area contributed by atoms with Crippen molar-refractivity contribution in [2.24, 2.45) is 5.73 Å². The summed E-state index contributed by atoms with van der Waals surface area (Å²) >= 11 is 0. The molecule has 1 atom stereocenters. The van der Waals surface area contributed by atoms with Gasteiger partial charge in [-0.25, -0.2) is 0 Å². The van der Waals surface area contributed by atoms with Gasteiger partial charge in [0.2, 0.25) is 0 Å². The highest BCUT2D eigenvalue weighted by Gasteiger charge is 2.32. The Morgan fingerprint density at radius 1 is 1.26 bits per heavy atom. The summed E-state index contributed by atoms with van der Waals surface area (Å²) in [6.07, 6.45) is 7.28. The fourth-order valence-electron chi connectivity index (χ4n) is 3.30. The fourth-order valence-corrected chi connectivity index (χ4v) is 3.30. The molecule has 1 aromatic carbocycles. The second-order valence-electron chi connectivity index (χ2n) is 6.08. The number of aliphatic hydroxyl groups is 1. The summed E-state index contributed by atoms with van der Waals surface area (Å²) in [5, 5.41) is 10.3. The van der Waals surface area contributed by atoms with Crippen LogP contribution in [0.3, 0.4) is 0 Å². The van der Waals surface area contributed by atoms with Crippen LogP contribution in [0.25, 0.3) is 0 Å². The zero-order chi connectivity index (χ0) is 13.3. The lowest BCUT2D eigenvalue weighted by Crippen LogP contribution is -2.32. The summed E-state index contributed by atoms with van der Waals surface area (Å²) in [5.41, 5.74) is 8.12. The van der Waals surface area contributed by atoms with E-state index < -0.39 is 5.60 Å². The minimum absolute atomic E-state index is 0.141. The first-order chi connectivity index (χ1) is 9.16. The van der Waals surface area contributed by atoms with E-state index in [1.165, 1.54) is 17.5 Å². The van der Waals surface area contributed by atoms with Crippen LogP contribution >= 0.6 is 0 Å². The van der Waals surface area contributed by atoms with Crippen molar-refractivity contribution in [3.05, 3.63) is 29.3 Å². The SMILES string of the molecule is N[C@H]1CCCc2ccc(OCC3(O)CCCC3)cc21. The summed E-state index contributed by atoms with van der Waals surface area (Å²) in [7, 11) is 0. The van der Waals surface area contributed by atoms with Gasteiger partial charge < -0.3 is 15.6 Å². The van der Waals surface area contributed by atoms with Crippen LogP contribution in [0.4, 0.5) is 0 Å². The van der Waals surface area contributed by atoms with Gasteiger partial charge in [-0.1, -0.05) is 18.9 Å². The Balaban J connectivity index is 1.70. The van der Waals surface area contributed by atoms with E-state index in [2.05, 4.69) is 12.1 Å². The molecule has 0 saturated heterocycles. The number of ether oxygens (including phenoxy) is 1. The minimum Gasteiger partial charge on any atom is -0.491 e. The van der Waals surface area contributed by atoms with Crippen LogP contribution in [-0.2, 0) is 6.42 Å². The van der Waals surface area contributed by atoms with E-state index >= 15 is 0 Å². The van der Waals surface area contributed by atoms with E-state index in [0.717, 1.165) is 44.3 Å². The Kier molecular flexibility index (Phi) is 3.50. The van der Waals surface area contributed by atoms with E-state index in [1.54, 1.807) is 0 Å². The summed E-state index contributed by atoms with van der Waals surface area (Å²) in [6, 6.07) is 6.34. The van der Waals surface area contributed by atoms with Crippen LogP contribution in [0.15, 0.2) is 18.2 Å². The molecule has 0 bridgehead atoms. The Hall–Kier alpha value is -1.06. The lowest BCUT2D eigenvalue weighted by Gasteiger charge is -2.25. The summed E-state index contributed by atoms with van der Waals surface area (Å²) < 4.78 is 5.80. The molecular formula is C16H23NO2. The first-order valence-electron chi connectivity index (χ1n) is 7.40. The van der Waals surface area contributed by atoms with Crippen LogP contribution in [0.2, 0.25) is 0 Å². The molecule has 3 rings (SSSR count). The lowest BCUT2D eigenvalue weighted by molar-refractivity contribution is 0.00137. The van der Waals surface area contributed by atoms with Crippen molar-refractivity contribution in [3.8, 4) is 5.75 Å². The molecule has 0 heterocycles. The second-order valence-corrected chi connectivity index (χ2v) is 6.08. The highest BCUT2D eigenvalue weighted by Crippen LogP contribution is 2.33. The maximum Gasteiger partial charge on any atom is 0.119 e. The molecule has 3 nitrogen and oxygen atoms in total. The number of fused-ring (bicyclic) bond motifs is 1. The van der Waals surface area contributed by atoms with Gasteiger partial charge in [-0.3, -0.25) is 0 Å². The Morgan fingerprint density at radius 2 is 2.05 bits per heavy atom. The first kappa shape index (κ1) is 12.9. The molecule has 2 aliphatic carbocycles. The molecule has 2 aliphatic rings.